The monoisotopic (exact) mass is 357 g/mol. The summed E-state index contributed by atoms with van der Waals surface area (Å²) in [6.45, 7) is 3.61. The number of pyridine rings is 1. The van der Waals surface area contributed by atoms with E-state index in [2.05, 4.69) is 25.7 Å². The van der Waals surface area contributed by atoms with Crippen LogP contribution in [0.1, 0.15) is 21.1 Å². The zero-order chi connectivity index (χ0) is 16.7. The van der Waals surface area contributed by atoms with E-state index >= 15 is 0 Å². The van der Waals surface area contributed by atoms with Gasteiger partial charge in [0.15, 0.2) is 0 Å². The quantitative estimate of drug-likeness (QED) is 0.601. The summed E-state index contributed by atoms with van der Waals surface area (Å²) in [6.07, 6.45) is 0. The number of anilines is 1. The van der Waals surface area contributed by atoms with Crippen molar-refractivity contribution < 1.29 is 9.32 Å². The Morgan fingerprint density at radius 3 is 2.88 bits per heavy atom. The van der Waals surface area contributed by atoms with Crippen molar-refractivity contribution in [3.8, 4) is 10.6 Å². The van der Waals surface area contributed by atoms with Crippen LogP contribution in [-0.4, -0.2) is 26.2 Å². The second-order valence-electron chi connectivity index (χ2n) is 5.06. The minimum Gasteiger partial charge on any atom is -0.335 e. The first kappa shape index (κ1) is 14.9. The Kier molecular flexibility index (Phi) is 3.58. The molecule has 0 radical (unpaired) electrons. The molecule has 4 aromatic rings. The van der Waals surface area contributed by atoms with E-state index in [1.807, 2.05) is 24.4 Å². The normalized spacial score (nSPS) is 11.1. The third-order valence-electron chi connectivity index (χ3n) is 3.38. The summed E-state index contributed by atoms with van der Waals surface area (Å²) in [7, 11) is 0. The first-order valence-corrected chi connectivity index (χ1v) is 8.74. The Labute approximate surface area is 144 Å². The van der Waals surface area contributed by atoms with Gasteiger partial charge in [-0.3, -0.25) is 10.1 Å². The Balaban J connectivity index is 1.83. The number of aryl methyl sites for hydroxylation is 2. The molecule has 0 bridgehead atoms. The van der Waals surface area contributed by atoms with Crippen LogP contribution in [0.5, 0.6) is 0 Å². The van der Waals surface area contributed by atoms with E-state index in [9.17, 15) is 4.79 Å². The second kappa shape index (κ2) is 5.77. The number of hydrogen-bond acceptors (Lipinski definition) is 8. The molecule has 0 fully saturated rings. The van der Waals surface area contributed by atoms with Crippen molar-refractivity contribution in [2.75, 3.05) is 5.32 Å². The number of carbonyl (C=O) groups excluding carboxylic acids is 1. The molecule has 9 heteroatoms. The minimum absolute atomic E-state index is 0.289. The average Bonchev–Trinajstić information content (AvgIpc) is 3.29. The average molecular weight is 357 g/mol. The van der Waals surface area contributed by atoms with E-state index in [4.69, 9.17) is 4.52 Å². The lowest BCUT2D eigenvalue weighted by molar-refractivity contribution is 0.102. The van der Waals surface area contributed by atoms with Gasteiger partial charge >= 0.3 is 0 Å². The molecule has 0 aliphatic heterocycles. The first-order valence-electron chi connectivity index (χ1n) is 7.04. The lowest BCUT2D eigenvalue weighted by atomic mass is 10.1. The van der Waals surface area contributed by atoms with Crippen molar-refractivity contribution in [2.45, 2.75) is 13.8 Å². The van der Waals surface area contributed by atoms with Crippen LogP contribution < -0.4 is 5.32 Å². The van der Waals surface area contributed by atoms with Gasteiger partial charge in [-0.15, -0.1) is 21.5 Å². The SMILES string of the molecule is Cc1nnc(NC(=O)c2cc(-c3cccs3)nc3onc(C)c23)s1. The van der Waals surface area contributed by atoms with Gasteiger partial charge < -0.3 is 4.52 Å². The topological polar surface area (TPSA) is 93.8 Å². The van der Waals surface area contributed by atoms with Crippen molar-refractivity contribution in [2.24, 2.45) is 0 Å². The van der Waals surface area contributed by atoms with Gasteiger partial charge in [-0.25, -0.2) is 4.98 Å². The van der Waals surface area contributed by atoms with Crippen molar-refractivity contribution in [1.29, 1.82) is 0 Å². The Bertz CT molecular complexity index is 1040. The number of hydrogen-bond donors (Lipinski definition) is 1. The summed E-state index contributed by atoms with van der Waals surface area (Å²) in [5.41, 5.74) is 2.09. The van der Waals surface area contributed by atoms with Gasteiger partial charge in [-0.2, -0.15) is 0 Å². The number of rotatable bonds is 3. The third-order valence-corrected chi connectivity index (χ3v) is 5.03. The van der Waals surface area contributed by atoms with E-state index < -0.39 is 0 Å². The van der Waals surface area contributed by atoms with Crippen molar-refractivity contribution in [3.05, 3.63) is 39.8 Å². The maximum Gasteiger partial charge on any atom is 0.259 e. The summed E-state index contributed by atoms with van der Waals surface area (Å²) in [5.74, 6) is -0.289. The van der Waals surface area contributed by atoms with Crippen LogP contribution in [0, 0.1) is 13.8 Å². The molecule has 120 valence electrons. The number of carbonyl (C=O) groups is 1. The molecule has 0 aromatic carbocycles. The number of thiophene rings is 1. The molecule has 0 saturated heterocycles. The number of amides is 1. The molecular weight excluding hydrogens is 346 g/mol. The van der Waals surface area contributed by atoms with Gasteiger partial charge in [0, 0.05) is 0 Å². The maximum atomic E-state index is 12.7. The standard InChI is InChI=1S/C15H11N5O2S2/c1-7-12-9(13(21)17-15-19-18-8(2)24-15)6-10(11-4-3-5-23-11)16-14(12)22-20-7/h3-6H,1-2H3,(H,17,19,21). The van der Waals surface area contributed by atoms with Crippen LogP contribution in [0.25, 0.3) is 21.7 Å². The molecule has 0 atom stereocenters. The van der Waals surface area contributed by atoms with Crippen LogP contribution in [-0.2, 0) is 0 Å². The van der Waals surface area contributed by atoms with Crippen LogP contribution in [0.15, 0.2) is 28.1 Å². The summed E-state index contributed by atoms with van der Waals surface area (Å²) in [5, 5.41) is 18.3. The van der Waals surface area contributed by atoms with Gasteiger partial charge in [0.25, 0.3) is 11.6 Å². The molecule has 1 amide bonds. The van der Waals surface area contributed by atoms with E-state index in [-0.39, 0.29) is 5.91 Å². The van der Waals surface area contributed by atoms with Gasteiger partial charge in [0.1, 0.15) is 5.01 Å². The highest BCUT2D eigenvalue weighted by Crippen LogP contribution is 2.30. The lowest BCUT2D eigenvalue weighted by Gasteiger charge is -2.05. The summed E-state index contributed by atoms with van der Waals surface area (Å²) >= 11 is 2.86. The molecule has 0 saturated carbocycles. The molecule has 0 aliphatic rings. The minimum atomic E-state index is -0.289. The lowest BCUT2D eigenvalue weighted by Crippen LogP contribution is -2.13. The maximum absolute atomic E-state index is 12.7. The van der Waals surface area contributed by atoms with Gasteiger partial charge in [-0.05, 0) is 31.4 Å². The Morgan fingerprint density at radius 2 is 2.17 bits per heavy atom. The molecular formula is C15H11N5O2S2. The molecule has 0 spiro atoms. The molecule has 0 aliphatic carbocycles. The largest absolute Gasteiger partial charge is 0.335 e. The van der Waals surface area contributed by atoms with Crippen LogP contribution in [0.3, 0.4) is 0 Å². The first-order chi connectivity index (χ1) is 11.6. The van der Waals surface area contributed by atoms with Gasteiger partial charge in [-0.1, -0.05) is 22.6 Å². The summed E-state index contributed by atoms with van der Waals surface area (Å²) in [4.78, 5) is 18.2. The molecule has 4 rings (SSSR count). The number of nitrogens with zero attached hydrogens (tertiary/aromatic N) is 4. The molecule has 4 aromatic heterocycles. The highest BCUT2D eigenvalue weighted by molar-refractivity contribution is 7.15. The molecule has 1 N–H and O–H groups in total. The molecule has 0 unspecified atom stereocenters. The highest BCUT2D eigenvalue weighted by Gasteiger charge is 2.20. The smallest absolute Gasteiger partial charge is 0.259 e. The van der Waals surface area contributed by atoms with Crippen LogP contribution in [0.2, 0.25) is 0 Å². The summed E-state index contributed by atoms with van der Waals surface area (Å²) < 4.78 is 5.27. The van der Waals surface area contributed by atoms with E-state index in [1.54, 1.807) is 24.3 Å². The van der Waals surface area contributed by atoms with Crippen molar-refractivity contribution in [1.82, 2.24) is 20.3 Å². The molecule has 7 nitrogen and oxygen atoms in total. The van der Waals surface area contributed by atoms with E-state index in [0.29, 0.717) is 33.2 Å². The highest BCUT2D eigenvalue weighted by atomic mass is 32.1. The Hall–Kier alpha value is -2.65. The number of aromatic nitrogens is 4. The fourth-order valence-electron chi connectivity index (χ4n) is 2.34. The van der Waals surface area contributed by atoms with E-state index in [1.165, 1.54) is 11.3 Å². The van der Waals surface area contributed by atoms with Gasteiger partial charge in [0.05, 0.1) is 27.2 Å². The number of fused-ring (bicyclic) bond motifs is 1. The zero-order valence-electron chi connectivity index (χ0n) is 12.7. The third kappa shape index (κ3) is 2.57. The summed E-state index contributed by atoms with van der Waals surface area (Å²) in [6, 6.07) is 5.63. The fourth-order valence-corrected chi connectivity index (χ4v) is 3.61. The predicted molar refractivity (Wildman–Crippen MR) is 92.5 cm³/mol. The predicted octanol–water partition coefficient (Wildman–Crippen LogP) is 3.67. The van der Waals surface area contributed by atoms with E-state index in [0.717, 1.165) is 9.88 Å². The second-order valence-corrected chi connectivity index (χ2v) is 7.19. The van der Waals surface area contributed by atoms with Crippen LogP contribution in [0.4, 0.5) is 5.13 Å². The molecule has 4 heterocycles. The fraction of sp³-hybridized carbons (Fsp3) is 0.133. The molecule has 24 heavy (non-hydrogen) atoms. The Morgan fingerprint density at radius 1 is 1.29 bits per heavy atom. The van der Waals surface area contributed by atoms with Crippen LogP contribution >= 0.6 is 22.7 Å². The van der Waals surface area contributed by atoms with Gasteiger partial charge in [0.2, 0.25) is 5.13 Å². The van der Waals surface area contributed by atoms with Crippen molar-refractivity contribution >= 4 is 44.8 Å². The number of nitrogens with one attached hydrogen (secondary N) is 1. The van der Waals surface area contributed by atoms with Crippen molar-refractivity contribution in [3.63, 3.8) is 0 Å². The zero-order valence-corrected chi connectivity index (χ0v) is 14.4.